The fourth-order valence-corrected chi connectivity index (χ4v) is 1.35. The molecular weight excluding hydrogens is 140 g/mol. The maximum Gasteiger partial charge on any atom is 0.0639 e. The van der Waals surface area contributed by atoms with E-state index >= 15 is 0 Å². The molecule has 0 radical (unpaired) electrons. The predicted octanol–water partition coefficient (Wildman–Crippen LogP) is 1.35. The minimum atomic E-state index is 0.177. The van der Waals surface area contributed by atoms with Gasteiger partial charge in [-0.25, -0.2) is 0 Å². The number of rotatable bonds is 2. The summed E-state index contributed by atoms with van der Waals surface area (Å²) in [5.41, 5.74) is 1.06. The van der Waals surface area contributed by atoms with E-state index in [9.17, 15) is 0 Å². The number of hydrogen-bond donors (Lipinski definition) is 1. The van der Waals surface area contributed by atoms with E-state index in [4.69, 9.17) is 9.84 Å². The fourth-order valence-electron chi connectivity index (χ4n) is 1.35. The zero-order valence-corrected chi connectivity index (χ0v) is 7.05. The maximum absolute atomic E-state index is 8.76. The summed E-state index contributed by atoms with van der Waals surface area (Å²) in [5, 5.41) is 8.76. The minimum Gasteiger partial charge on any atom is -0.392 e. The Balaban J connectivity index is 2.34. The highest BCUT2D eigenvalue weighted by atomic mass is 16.5. The molecule has 11 heavy (non-hydrogen) atoms. The summed E-state index contributed by atoms with van der Waals surface area (Å²) in [6.45, 7) is 3.87. The van der Waals surface area contributed by atoms with E-state index in [0.717, 1.165) is 25.2 Å². The van der Waals surface area contributed by atoms with Crippen molar-refractivity contribution in [2.75, 3.05) is 19.8 Å². The first kappa shape index (κ1) is 8.75. The molecule has 1 fully saturated rings. The van der Waals surface area contributed by atoms with Crippen LogP contribution in [0.5, 0.6) is 0 Å². The van der Waals surface area contributed by atoms with Crippen molar-refractivity contribution in [2.45, 2.75) is 19.8 Å². The van der Waals surface area contributed by atoms with E-state index in [1.165, 1.54) is 6.42 Å². The van der Waals surface area contributed by atoms with Gasteiger partial charge in [0, 0.05) is 12.5 Å². The van der Waals surface area contributed by atoms with Crippen LogP contribution in [-0.2, 0) is 4.74 Å². The van der Waals surface area contributed by atoms with Gasteiger partial charge in [-0.3, -0.25) is 0 Å². The van der Waals surface area contributed by atoms with E-state index in [1.807, 2.05) is 6.92 Å². The van der Waals surface area contributed by atoms with Crippen molar-refractivity contribution in [3.8, 4) is 0 Å². The normalized spacial score (nSPS) is 27.1. The van der Waals surface area contributed by atoms with Crippen molar-refractivity contribution in [1.82, 2.24) is 0 Å². The van der Waals surface area contributed by atoms with Crippen molar-refractivity contribution in [1.29, 1.82) is 0 Å². The highest BCUT2D eigenvalue weighted by Gasteiger charge is 2.10. The Morgan fingerprint density at radius 3 is 3.09 bits per heavy atom. The average molecular weight is 156 g/mol. The van der Waals surface area contributed by atoms with Gasteiger partial charge in [0.05, 0.1) is 13.2 Å². The quantitative estimate of drug-likeness (QED) is 0.611. The second-order valence-corrected chi connectivity index (χ2v) is 3.15. The Hall–Kier alpha value is -0.340. The molecule has 1 heterocycles. The largest absolute Gasteiger partial charge is 0.392 e. The number of hydrogen-bond acceptors (Lipinski definition) is 2. The molecule has 1 aliphatic rings. The lowest BCUT2D eigenvalue weighted by molar-refractivity contribution is 0.0706. The summed E-state index contributed by atoms with van der Waals surface area (Å²) in [6, 6.07) is 0. The molecule has 0 aliphatic carbocycles. The van der Waals surface area contributed by atoms with E-state index in [1.54, 1.807) is 0 Å². The molecule has 1 unspecified atom stereocenters. The molecule has 1 N–H and O–H groups in total. The van der Waals surface area contributed by atoms with Gasteiger partial charge in [0.25, 0.3) is 0 Å². The molecule has 0 bridgehead atoms. The number of aliphatic hydroxyl groups is 1. The monoisotopic (exact) mass is 156 g/mol. The molecule has 1 aliphatic heterocycles. The molecule has 2 nitrogen and oxygen atoms in total. The average Bonchev–Trinajstić information content (AvgIpc) is 2.06. The summed E-state index contributed by atoms with van der Waals surface area (Å²) in [7, 11) is 0. The maximum atomic E-state index is 8.76. The summed E-state index contributed by atoms with van der Waals surface area (Å²) in [5.74, 6) is 0.538. The molecule has 1 saturated heterocycles. The molecule has 0 saturated carbocycles. The van der Waals surface area contributed by atoms with Crippen molar-refractivity contribution < 1.29 is 9.84 Å². The van der Waals surface area contributed by atoms with Gasteiger partial charge in [-0.05, 0) is 19.8 Å². The SMILES string of the molecule is CC(=CC1CCCOC1)CO. The van der Waals surface area contributed by atoms with E-state index in [0.29, 0.717) is 5.92 Å². The van der Waals surface area contributed by atoms with E-state index < -0.39 is 0 Å². The van der Waals surface area contributed by atoms with Crippen molar-refractivity contribution >= 4 is 0 Å². The Morgan fingerprint density at radius 2 is 2.55 bits per heavy atom. The van der Waals surface area contributed by atoms with Crippen LogP contribution in [0.3, 0.4) is 0 Å². The van der Waals surface area contributed by atoms with Crippen LogP contribution in [0.25, 0.3) is 0 Å². The summed E-state index contributed by atoms with van der Waals surface area (Å²) in [6.07, 6.45) is 4.48. The summed E-state index contributed by atoms with van der Waals surface area (Å²) >= 11 is 0. The van der Waals surface area contributed by atoms with Gasteiger partial charge >= 0.3 is 0 Å². The first-order chi connectivity index (χ1) is 5.33. The van der Waals surface area contributed by atoms with Crippen LogP contribution in [0.15, 0.2) is 11.6 Å². The molecule has 0 aromatic rings. The van der Waals surface area contributed by atoms with Crippen LogP contribution in [0.4, 0.5) is 0 Å². The van der Waals surface area contributed by atoms with Gasteiger partial charge in [-0.2, -0.15) is 0 Å². The standard InChI is InChI=1S/C9H16O2/c1-8(6-10)5-9-3-2-4-11-7-9/h5,9-10H,2-4,6-7H2,1H3. The molecule has 0 aromatic carbocycles. The van der Waals surface area contributed by atoms with Crippen molar-refractivity contribution in [3.05, 3.63) is 11.6 Å². The van der Waals surface area contributed by atoms with Crippen LogP contribution in [0, 0.1) is 5.92 Å². The number of ether oxygens (including phenoxy) is 1. The smallest absolute Gasteiger partial charge is 0.0639 e. The van der Waals surface area contributed by atoms with Crippen LogP contribution < -0.4 is 0 Å². The molecule has 64 valence electrons. The zero-order valence-electron chi connectivity index (χ0n) is 7.05. The number of aliphatic hydroxyl groups excluding tert-OH is 1. The fraction of sp³-hybridized carbons (Fsp3) is 0.778. The Morgan fingerprint density at radius 1 is 1.73 bits per heavy atom. The molecule has 1 rings (SSSR count). The predicted molar refractivity (Wildman–Crippen MR) is 44.4 cm³/mol. The van der Waals surface area contributed by atoms with Gasteiger partial charge in [0.15, 0.2) is 0 Å². The lowest BCUT2D eigenvalue weighted by Crippen LogP contribution is -2.15. The summed E-state index contributed by atoms with van der Waals surface area (Å²) in [4.78, 5) is 0. The highest BCUT2D eigenvalue weighted by Crippen LogP contribution is 2.15. The van der Waals surface area contributed by atoms with Gasteiger partial charge in [0.1, 0.15) is 0 Å². The van der Waals surface area contributed by atoms with E-state index in [-0.39, 0.29) is 6.61 Å². The lowest BCUT2D eigenvalue weighted by Gasteiger charge is -2.19. The lowest BCUT2D eigenvalue weighted by atomic mass is 10.00. The molecule has 0 amide bonds. The minimum absolute atomic E-state index is 0.177. The van der Waals surface area contributed by atoms with Crippen molar-refractivity contribution in [3.63, 3.8) is 0 Å². The van der Waals surface area contributed by atoms with Gasteiger partial charge < -0.3 is 9.84 Å². The van der Waals surface area contributed by atoms with Gasteiger partial charge in [-0.15, -0.1) is 0 Å². The highest BCUT2D eigenvalue weighted by molar-refractivity contribution is 5.01. The topological polar surface area (TPSA) is 29.5 Å². The molecular formula is C9H16O2. The zero-order chi connectivity index (χ0) is 8.10. The van der Waals surface area contributed by atoms with E-state index in [2.05, 4.69) is 6.08 Å². The summed E-state index contributed by atoms with van der Waals surface area (Å²) < 4.78 is 5.30. The second kappa shape index (κ2) is 4.52. The first-order valence-corrected chi connectivity index (χ1v) is 4.19. The third-order valence-corrected chi connectivity index (χ3v) is 1.97. The van der Waals surface area contributed by atoms with Crippen molar-refractivity contribution in [2.24, 2.45) is 5.92 Å². The first-order valence-electron chi connectivity index (χ1n) is 4.19. The Labute approximate surface area is 67.9 Å². The van der Waals surface area contributed by atoms with Gasteiger partial charge in [0.2, 0.25) is 0 Å². The Kier molecular flexibility index (Phi) is 3.60. The molecule has 2 heteroatoms. The van der Waals surface area contributed by atoms with Crippen LogP contribution in [0.1, 0.15) is 19.8 Å². The third-order valence-electron chi connectivity index (χ3n) is 1.97. The van der Waals surface area contributed by atoms with Crippen LogP contribution >= 0.6 is 0 Å². The van der Waals surface area contributed by atoms with Crippen LogP contribution in [0.2, 0.25) is 0 Å². The van der Waals surface area contributed by atoms with Gasteiger partial charge in [-0.1, -0.05) is 11.6 Å². The Bertz CT molecular complexity index is 134. The molecule has 0 spiro atoms. The molecule has 1 atom stereocenters. The van der Waals surface area contributed by atoms with Crippen LogP contribution in [-0.4, -0.2) is 24.9 Å². The second-order valence-electron chi connectivity index (χ2n) is 3.15. The third kappa shape index (κ3) is 3.04. The molecule has 0 aromatic heterocycles.